The summed E-state index contributed by atoms with van der Waals surface area (Å²) in [5.41, 5.74) is 0.627. The van der Waals surface area contributed by atoms with E-state index < -0.39 is 0 Å². The highest BCUT2D eigenvalue weighted by Crippen LogP contribution is 2.19. The van der Waals surface area contributed by atoms with Crippen molar-refractivity contribution in [1.29, 1.82) is 0 Å². The second kappa shape index (κ2) is 7.07. The van der Waals surface area contributed by atoms with Crippen molar-refractivity contribution >= 4 is 34.5 Å². The zero-order chi connectivity index (χ0) is 12.8. The fourth-order valence-corrected chi connectivity index (χ4v) is 2.46. The molecule has 0 aliphatic carbocycles. The van der Waals surface area contributed by atoms with Gasteiger partial charge in [0.1, 0.15) is 0 Å². The zero-order valence-electron chi connectivity index (χ0n) is 10.2. The minimum Gasteiger partial charge on any atom is -0.352 e. The highest BCUT2D eigenvalue weighted by Gasteiger charge is 2.11. The van der Waals surface area contributed by atoms with Crippen molar-refractivity contribution in [3.05, 3.63) is 28.2 Å². The molecule has 0 bridgehead atoms. The lowest BCUT2D eigenvalue weighted by Gasteiger charge is -2.14. The van der Waals surface area contributed by atoms with Crippen molar-refractivity contribution in [2.75, 3.05) is 6.54 Å². The predicted octanol–water partition coefficient (Wildman–Crippen LogP) is 3.90. The molecular weight excluding hydrogens is 298 g/mol. The van der Waals surface area contributed by atoms with Crippen LogP contribution in [0.3, 0.4) is 0 Å². The number of benzene rings is 1. The van der Waals surface area contributed by atoms with Gasteiger partial charge in [0, 0.05) is 15.9 Å². The number of amides is 1. The van der Waals surface area contributed by atoms with E-state index in [0.717, 1.165) is 23.9 Å². The molecule has 0 aliphatic rings. The van der Waals surface area contributed by atoms with Crippen molar-refractivity contribution in [2.24, 2.45) is 5.92 Å². The Morgan fingerprint density at radius 1 is 1.41 bits per heavy atom. The Morgan fingerprint density at radius 3 is 2.59 bits per heavy atom. The van der Waals surface area contributed by atoms with E-state index >= 15 is 0 Å². The molecule has 17 heavy (non-hydrogen) atoms. The maximum Gasteiger partial charge on any atom is 0.252 e. The molecule has 0 aliphatic heterocycles. The zero-order valence-corrected chi connectivity index (χ0v) is 12.6. The molecule has 0 fully saturated rings. The Balaban J connectivity index is 2.64. The Morgan fingerprint density at radius 2 is 2.06 bits per heavy atom. The molecule has 0 unspecified atom stereocenters. The molecule has 1 aromatic carbocycles. The SMILES string of the molecule is CCC(CC)CNC(=O)c1ccc(Br)cc1S. The number of halogens is 1. The van der Waals surface area contributed by atoms with Gasteiger partial charge in [0.15, 0.2) is 0 Å². The number of thiol groups is 1. The van der Waals surface area contributed by atoms with Gasteiger partial charge < -0.3 is 5.32 Å². The summed E-state index contributed by atoms with van der Waals surface area (Å²) in [4.78, 5) is 12.6. The van der Waals surface area contributed by atoms with Gasteiger partial charge in [-0.2, -0.15) is 0 Å². The van der Waals surface area contributed by atoms with Crippen LogP contribution < -0.4 is 5.32 Å². The second-order valence-corrected chi connectivity index (χ2v) is 5.45. The smallest absolute Gasteiger partial charge is 0.252 e. The minimum atomic E-state index is -0.0469. The first-order valence-corrected chi connectivity index (χ1v) is 7.09. The Bertz CT molecular complexity index is 391. The minimum absolute atomic E-state index is 0.0469. The van der Waals surface area contributed by atoms with E-state index in [2.05, 4.69) is 47.7 Å². The first kappa shape index (κ1) is 14.6. The number of nitrogens with one attached hydrogen (secondary N) is 1. The van der Waals surface area contributed by atoms with E-state index in [4.69, 9.17) is 0 Å². The summed E-state index contributed by atoms with van der Waals surface area (Å²) in [6.07, 6.45) is 2.18. The van der Waals surface area contributed by atoms with Gasteiger partial charge in [0.05, 0.1) is 5.56 Å². The topological polar surface area (TPSA) is 29.1 Å². The lowest BCUT2D eigenvalue weighted by Crippen LogP contribution is -2.29. The van der Waals surface area contributed by atoms with Gasteiger partial charge in [-0.25, -0.2) is 0 Å². The molecule has 1 N–H and O–H groups in total. The van der Waals surface area contributed by atoms with Crippen LogP contribution in [0.5, 0.6) is 0 Å². The van der Waals surface area contributed by atoms with E-state index in [1.54, 1.807) is 6.07 Å². The molecule has 0 spiro atoms. The third-order valence-electron chi connectivity index (χ3n) is 2.91. The molecule has 1 aromatic rings. The van der Waals surface area contributed by atoms with Crippen molar-refractivity contribution in [3.8, 4) is 0 Å². The molecule has 94 valence electrons. The van der Waals surface area contributed by atoms with Gasteiger partial charge in [-0.1, -0.05) is 42.6 Å². The lowest BCUT2D eigenvalue weighted by molar-refractivity contribution is 0.0943. The number of rotatable bonds is 5. The maximum absolute atomic E-state index is 11.9. The normalized spacial score (nSPS) is 10.6. The van der Waals surface area contributed by atoms with Crippen LogP contribution in [0.1, 0.15) is 37.0 Å². The maximum atomic E-state index is 11.9. The molecule has 1 rings (SSSR count). The number of carbonyl (C=O) groups excluding carboxylic acids is 1. The second-order valence-electron chi connectivity index (χ2n) is 4.05. The third kappa shape index (κ3) is 4.36. The first-order chi connectivity index (χ1) is 8.08. The van der Waals surface area contributed by atoms with E-state index in [1.165, 1.54) is 0 Å². The third-order valence-corrected chi connectivity index (χ3v) is 3.77. The van der Waals surface area contributed by atoms with Crippen LogP contribution in [0, 0.1) is 5.92 Å². The lowest BCUT2D eigenvalue weighted by atomic mass is 10.0. The van der Waals surface area contributed by atoms with E-state index in [9.17, 15) is 4.79 Å². The van der Waals surface area contributed by atoms with E-state index in [1.807, 2.05) is 12.1 Å². The van der Waals surface area contributed by atoms with Crippen LogP contribution in [-0.4, -0.2) is 12.5 Å². The van der Waals surface area contributed by atoms with Gasteiger partial charge in [-0.05, 0) is 24.1 Å². The van der Waals surface area contributed by atoms with Gasteiger partial charge in [-0.15, -0.1) is 12.6 Å². The molecule has 0 saturated carbocycles. The summed E-state index contributed by atoms with van der Waals surface area (Å²) >= 11 is 7.66. The largest absolute Gasteiger partial charge is 0.352 e. The molecule has 0 aromatic heterocycles. The highest BCUT2D eigenvalue weighted by molar-refractivity contribution is 9.10. The molecule has 2 nitrogen and oxygen atoms in total. The van der Waals surface area contributed by atoms with Crippen LogP contribution in [-0.2, 0) is 0 Å². The molecule has 4 heteroatoms. The number of hydrogen-bond donors (Lipinski definition) is 2. The fraction of sp³-hybridized carbons (Fsp3) is 0.462. The summed E-state index contributed by atoms with van der Waals surface area (Å²) in [5, 5.41) is 2.96. The summed E-state index contributed by atoms with van der Waals surface area (Å²) < 4.78 is 0.930. The van der Waals surface area contributed by atoms with Crippen molar-refractivity contribution in [1.82, 2.24) is 5.32 Å². The molecule has 0 saturated heterocycles. The van der Waals surface area contributed by atoms with Crippen LogP contribution in [0.15, 0.2) is 27.6 Å². The number of carbonyl (C=O) groups is 1. The van der Waals surface area contributed by atoms with Gasteiger partial charge in [0.25, 0.3) is 5.91 Å². The van der Waals surface area contributed by atoms with E-state index in [-0.39, 0.29) is 5.91 Å². The number of hydrogen-bond acceptors (Lipinski definition) is 2. The fourth-order valence-electron chi connectivity index (χ4n) is 1.61. The van der Waals surface area contributed by atoms with Crippen molar-refractivity contribution < 1.29 is 4.79 Å². The summed E-state index contributed by atoms with van der Waals surface area (Å²) in [7, 11) is 0. The Labute approximate surface area is 117 Å². The average Bonchev–Trinajstić information content (AvgIpc) is 2.30. The highest BCUT2D eigenvalue weighted by atomic mass is 79.9. The van der Waals surface area contributed by atoms with Crippen LogP contribution in [0.4, 0.5) is 0 Å². The average molecular weight is 316 g/mol. The van der Waals surface area contributed by atoms with Crippen LogP contribution in [0.25, 0.3) is 0 Å². The quantitative estimate of drug-likeness (QED) is 0.793. The summed E-state index contributed by atoms with van der Waals surface area (Å²) in [6.45, 7) is 5.02. The molecule has 0 radical (unpaired) electrons. The predicted molar refractivity (Wildman–Crippen MR) is 77.8 cm³/mol. The molecule has 0 heterocycles. The monoisotopic (exact) mass is 315 g/mol. The Kier molecular flexibility index (Phi) is 6.06. The van der Waals surface area contributed by atoms with Gasteiger partial charge >= 0.3 is 0 Å². The molecular formula is C13H18BrNOS. The van der Waals surface area contributed by atoms with Crippen molar-refractivity contribution in [2.45, 2.75) is 31.6 Å². The standard InChI is InChI=1S/C13H18BrNOS/c1-3-9(4-2)8-15-13(16)11-6-5-10(14)7-12(11)17/h5-7,9,17H,3-4,8H2,1-2H3,(H,15,16). The Hall–Kier alpha value is -0.480. The van der Waals surface area contributed by atoms with Crippen LogP contribution in [0.2, 0.25) is 0 Å². The first-order valence-electron chi connectivity index (χ1n) is 5.85. The molecule has 1 amide bonds. The summed E-state index contributed by atoms with van der Waals surface area (Å²) in [5.74, 6) is 0.507. The van der Waals surface area contributed by atoms with E-state index in [0.29, 0.717) is 16.4 Å². The van der Waals surface area contributed by atoms with Gasteiger partial charge in [-0.3, -0.25) is 4.79 Å². The van der Waals surface area contributed by atoms with Crippen molar-refractivity contribution in [3.63, 3.8) is 0 Å². The summed E-state index contributed by atoms with van der Waals surface area (Å²) in [6, 6.07) is 5.47. The molecule has 0 atom stereocenters. The van der Waals surface area contributed by atoms with Crippen LogP contribution >= 0.6 is 28.6 Å². The van der Waals surface area contributed by atoms with Gasteiger partial charge in [0.2, 0.25) is 0 Å².